The molecule has 242 valence electrons. The smallest absolute Gasteiger partial charge is 0.306 e. The normalized spacial score (nSPS) is 12.2. The summed E-state index contributed by atoms with van der Waals surface area (Å²) in [5, 5.41) is 9.51. The van der Waals surface area contributed by atoms with Crippen LogP contribution in [0.5, 0.6) is 0 Å². The third kappa shape index (κ3) is 31.4. The predicted octanol–water partition coefficient (Wildman–Crippen LogP) is 10.6. The number of hydrogen-bond acceptors (Lipinski definition) is 5. The van der Waals surface area contributed by atoms with Gasteiger partial charge in [-0.2, -0.15) is 0 Å². The maximum atomic E-state index is 12.1. The van der Waals surface area contributed by atoms with Crippen LogP contribution in [0.15, 0.2) is 12.2 Å². The van der Waals surface area contributed by atoms with Gasteiger partial charge in [-0.05, 0) is 38.5 Å². The summed E-state index contributed by atoms with van der Waals surface area (Å²) in [6.45, 7) is 4.12. The molecular weight excluding hydrogens is 512 g/mol. The number of carbonyl (C=O) groups is 2. The first kappa shape index (κ1) is 39.6. The summed E-state index contributed by atoms with van der Waals surface area (Å²) in [6.07, 6.45) is 35.5. The van der Waals surface area contributed by atoms with Gasteiger partial charge in [-0.3, -0.25) is 9.59 Å². The van der Waals surface area contributed by atoms with Crippen molar-refractivity contribution in [3.8, 4) is 0 Å². The second-order valence-electron chi connectivity index (χ2n) is 12.0. The molecule has 0 saturated carbocycles. The number of unbranched alkanes of at least 4 members (excludes halogenated alkanes) is 22. The molecule has 41 heavy (non-hydrogen) atoms. The predicted molar refractivity (Wildman–Crippen MR) is 173 cm³/mol. The molecule has 0 aromatic carbocycles. The molecule has 0 unspecified atom stereocenters. The third-order valence-electron chi connectivity index (χ3n) is 7.81. The minimum atomic E-state index is -0.765. The molecule has 1 N–H and O–H groups in total. The molecule has 0 spiro atoms. The van der Waals surface area contributed by atoms with Gasteiger partial charge in [-0.25, -0.2) is 0 Å². The molecule has 0 amide bonds. The number of hydrogen-bond donors (Lipinski definition) is 1. The first-order chi connectivity index (χ1) is 20.1. The highest BCUT2D eigenvalue weighted by Gasteiger charge is 2.16. The van der Waals surface area contributed by atoms with Crippen LogP contribution in [0.3, 0.4) is 0 Å². The average molecular weight is 581 g/mol. The summed E-state index contributed by atoms with van der Waals surface area (Å²) in [6, 6.07) is 0. The van der Waals surface area contributed by atoms with Crippen LogP contribution in [0.4, 0.5) is 0 Å². The quantitative estimate of drug-likeness (QED) is 0.0487. The molecule has 0 radical (unpaired) electrons. The highest BCUT2D eigenvalue weighted by Crippen LogP contribution is 2.14. The zero-order valence-corrected chi connectivity index (χ0v) is 27.3. The Morgan fingerprint density at radius 1 is 0.537 bits per heavy atom. The number of aliphatic hydroxyl groups is 1. The van der Waals surface area contributed by atoms with Crippen molar-refractivity contribution < 1.29 is 24.2 Å². The summed E-state index contributed by atoms with van der Waals surface area (Å²) in [7, 11) is 0. The number of allylic oxidation sites excluding steroid dienone is 2. The zero-order chi connectivity index (χ0) is 30.1. The van der Waals surface area contributed by atoms with Gasteiger partial charge in [0.05, 0.1) is 6.61 Å². The highest BCUT2D eigenvalue weighted by molar-refractivity contribution is 5.70. The van der Waals surface area contributed by atoms with Crippen molar-refractivity contribution in [1.82, 2.24) is 0 Å². The van der Waals surface area contributed by atoms with Crippen LogP contribution >= 0.6 is 0 Å². The second kappa shape index (κ2) is 33.1. The summed E-state index contributed by atoms with van der Waals surface area (Å²) in [4.78, 5) is 24.1. The van der Waals surface area contributed by atoms with Gasteiger partial charge in [0.25, 0.3) is 0 Å². The molecule has 0 aliphatic carbocycles. The van der Waals surface area contributed by atoms with Crippen molar-refractivity contribution in [3.05, 3.63) is 12.2 Å². The number of aliphatic hydroxyl groups excluding tert-OH is 1. The van der Waals surface area contributed by atoms with Crippen molar-refractivity contribution in [3.63, 3.8) is 0 Å². The number of carbonyl (C=O) groups excluding carboxylic acids is 2. The van der Waals surface area contributed by atoms with Gasteiger partial charge in [-0.15, -0.1) is 0 Å². The number of rotatable bonds is 32. The standard InChI is InChI=1S/C36H68O5/c1-3-5-7-9-11-13-15-17-18-19-21-23-25-27-29-31-36(39)41-34(32-37)33-40-35(38)30-28-26-24-22-20-16-14-12-10-8-6-4-2/h13,15,34,37H,3-12,14,16-33H2,1-2H3/b15-13+/t34-/m0/s1. The van der Waals surface area contributed by atoms with Crippen LogP contribution in [0, 0.1) is 0 Å². The molecule has 5 heteroatoms. The summed E-state index contributed by atoms with van der Waals surface area (Å²) < 4.78 is 10.6. The maximum Gasteiger partial charge on any atom is 0.306 e. The molecule has 0 aliphatic rings. The van der Waals surface area contributed by atoms with E-state index in [4.69, 9.17) is 9.47 Å². The molecule has 0 saturated heterocycles. The Morgan fingerprint density at radius 3 is 1.34 bits per heavy atom. The lowest BCUT2D eigenvalue weighted by Crippen LogP contribution is -2.28. The van der Waals surface area contributed by atoms with E-state index in [9.17, 15) is 14.7 Å². The molecule has 0 bridgehead atoms. The third-order valence-corrected chi connectivity index (χ3v) is 7.81. The van der Waals surface area contributed by atoms with E-state index in [1.54, 1.807) is 0 Å². The first-order valence-electron chi connectivity index (χ1n) is 17.7. The van der Waals surface area contributed by atoms with Crippen LogP contribution in [-0.2, 0) is 19.1 Å². The van der Waals surface area contributed by atoms with Gasteiger partial charge in [0, 0.05) is 12.8 Å². The molecule has 5 nitrogen and oxygen atoms in total. The molecule has 0 rings (SSSR count). The molecule has 0 fully saturated rings. The Bertz CT molecular complexity index is 589. The van der Waals surface area contributed by atoms with E-state index in [1.165, 1.54) is 122 Å². The van der Waals surface area contributed by atoms with E-state index in [1.807, 2.05) is 0 Å². The van der Waals surface area contributed by atoms with Gasteiger partial charge in [0.2, 0.25) is 0 Å². The van der Waals surface area contributed by atoms with E-state index < -0.39 is 6.10 Å². The van der Waals surface area contributed by atoms with Gasteiger partial charge < -0.3 is 14.6 Å². The van der Waals surface area contributed by atoms with Crippen LogP contribution in [0.1, 0.15) is 187 Å². The van der Waals surface area contributed by atoms with Crippen molar-refractivity contribution in [2.75, 3.05) is 13.2 Å². The lowest BCUT2D eigenvalue weighted by molar-refractivity contribution is -0.161. The largest absolute Gasteiger partial charge is 0.462 e. The van der Waals surface area contributed by atoms with E-state index >= 15 is 0 Å². The van der Waals surface area contributed by atoms with Gasteiger partial charge in [0.15, 0.2) is 6.10 Å². The highest BCUT2D eigenvalue weighted by atomic mass is 16.6. The molecule has 0 aromatic heterocycles. The molecule has 0 heterocycles. The van der Waals surface area contributed by atoms with Crippen molar-refractivity contribution in [2.24, 2.45) is 0 Å². The monoisotopic (exact) mass is 581 g/mol. The van der Waals surface area contributed by atoms with Crippen LogP contribution in [0.25, 0.3) is 0 Å². The van der Waals surface area contributed by atoms with Crippen LogP contribution in [-0.4, -0.2) is 36.4 Å². The maximum absolute atomic E-state index is 12.1. The Morgan fingerprint density at radius 2 is 0.902 bits per heavy atom. The average Bonchev–Trinajstić information content (AvgIpc) is 2.97. The van der Waals surface area contributed by atoms with Gasteiger partial charge in [-0.1, -0.05) is 148 Å². The Balaban J connectivity index is 3.55. The van der Waals surface area contributed by atoms with E-state index in [-0.39, 0.29) is 25.2 Å². The van der Waals surface area contributed by atoms with E-state index in [0.717, 1.165) is 38.5 Å². The minimum absolute atomic E-state index is 0.0621. The Kier molecular flexibility index (Phi) is 32.0. The van der Waals surface area contributed by atoms with Crippen molar-refractivity contribution in [1.29, 1.82) is 0 Å². The topological polar surface area (TPSA) is 72.8 Å². The summed E-state index contributed by atoms with van der Waals surface area (Å²) in [5.74, 6) is -0.590. The Labute approximate surface area is 254 Å². The van der Waals surface area contributed by atoms with Crippen molar-refractivity contribution in [2.45, 2.75) is 193 Å². The number of ether oxygens (including phenoxy) is 2. The zero-order valence-electron chi connectivity index (χ0n) is 27.3. The fourth-order valence-electron chi connectivity index (χ4n) is 5.08. The molecular formula is C36H68O5. The minimum Gasteiger partial charge on any atom is -0.462 e. The molecule has 1 atom stereocenters. The second-order valence-corrected chi connectivity index (χ2v) is 12.0. The van der Waals surface area contributed by atoms with Gasteiger partial charge >= 0.3 is 11.9 Å². The van der Waals surface area contributed by atoms with Crippen LogP contribution < -0.4 is 0 Å². The molecule has 0 aromatic rings. The summed E-state index contributed by atoms with van der Waals surface area (Å²) >= 11 is 0. The van der Waals surface area contributed by atoms with Crippen molar-refractivity contribution >= 4 is 11.9 Å². The van der Waals surface area contributed by atoms with E-state index in [2.05, 4.69) is 26.0 Å². The number of esters is 2. The fraction of sp³-hybridized carbons (Fsp3) is 0.889. The lowest BCUT2D eigenvalue weighted by Gasteiger charge is -2.15. The summed E-state index contributed by atoms with van der Waals surface area (Å²) in [5.41, 5.74) is 0. The fourth-order valence-corrected chi connectivity index (χ4v) is 5.08. The van der Waals surface area contributed by atoms with Crippen LogP contribution in [0.2, 0.25) is 0 Å². The lowest BCUT2D eigenvalue weighted by atomic mass is 10.0. The van der Waals surface area contributed by atoms with E-state index in [0.29, 0.717) is 12.8 Å². The van der Waals surface area contributed by atoms with Gasteiger partial charge in [0.1, 0.15) is 6.61 Å². The Hall–Kier alpha value is -1.36. The SMILES string of the molecule is CCCCCC/C=C/CCCCCCCCCC(=O)O[C@@H](CO)COC(=O)CCCCCCCCCCCCCC. The molecule has 0 aliphatic heterocycles. The first-order valence-corrected chi connectivity index (χ1v) is 17.7.